The summed E-state index contributed by atoms with van der Waals surface area (Å²) in [4.78, 5) is 10.6. The van der Waals surface area contributed by atoms with Crippen LogP contribution < -0.4 is 5.32 Å². The van der Waals surface area contributed by atoms with E-state index in [-0.39, 0.29) is 6.54 Å². The molecule has 0 radical (unpaired) electrons. The first-order valence-electron chi connectivity index (χ1n) is 5.36. The summed E-state index contributed by atoms with van der Waals surface area (Å²) in [6.07, 6.45) is -4.40. The molecule has 0 fully saturated rings. The summed E-state index contributed by atoms with van der Waals surface area (Å²) in [6.45, 7) is 3.23. The first-order valence-corrected chi connectivity index (χ1v) is 5.36. The molecule has 1 aromatic carbocycles. The van der Waals surface area contributed by atoms with Crippen LogP contribution in [0.1, 0.15) is 18.1 Å². The number of hydrogen-bond donors (Lipinski definition) is 2. The number of halogens is 3. The highest BCUT2D eigenvalue weighted by Gasteiger charge is 2.30. The largest absolute Gasteiger partial charge is 0.481 e. The van der Waals surface area contributed by atoms with Crippen molar-refractivity contribution in [3.8, 4) is 0 Å². The normalized spacial score (nSPS) is 13.2. The van der Waals surface area contributed by atoms with Crippen LogP contribution in [-0.4, -0.2) is 17.6 Å². The summed E-state index contributed by atoms with van der Waals surface area (Å²) in [5, 5.41) is 11.4. The van der Waals surface area contributed by atoms with Crippen molar-refractivity contribution in [2.45, 2.75) is 20.0 Å². The number of hydrogen-bond acceptors (Lipinski definition) is 2. The Kier molecular flexibility index (Phi) is 4.21. The number of carbonyl (C=O) groups is 1. The van der Waals surface area contributed by atoms with Crippen molar-refractivity contribution in [3.63, 3.8) is 0 Å². The highest BCUT2D eigenvalue weighted by Crippen LogP contribution is 2.32. The molecule has 0 bridgehead atoms. The van der Waals surface area contributed by atoms with Crippen LogP contribution in [0, 0.1) is 12.8 Å². The number of aliphatic carboxylic acids is 1. The maximum Gasteiger partial charge on any atom is 0.416 e. The third-order valence-corrected chi connectivity index (χ3v) is 2.59. The predicted octanol–water partition coefficient (Wildman–Crippen LogP) is 3.15. The predicted molar refractivity (Wildman–Crippen MR) is 61.5 cm³/mol. The lowest BCUT2D eigenvalue weighted by molar-refractivity contribution is -0.140. The molecule has 1 unspecified atom stereocenters. The lowest BCUT2D eigenvalue weighted by Gasteiger charge is -2.14. The molecular formula is C12H14F3NO2. The number of nitrogens with one attached hydrogen (secondary N) is 1. The van der Waals surface area contributed by atoms with Gasteiger partial charge in [-0.15, -0.1) is 0 Å². The average Bonchev–Trinajstić information content (AvgIpc) is 2.25. The van der Waals surface area contributed by atoms with Crippen LogP contribution >= 0.6 is 0 Å². The zero-order valence-electron chi connectivity index (χ0n) is 10.0. The average molecular weight is 261 g/mol. The Hall–Kier alpha value is -1.72. The highest BCUT2D eigenvalue weighted by molar-refractivity contribution is 5.70. The van der Waals surface area contributed by atoms with Crippen LogP contribution in [0.15, 0.2) is 18.2 Å². The van der Waals surface area contributed by atoms with E-state index in [9.17, 15) is 18.0 Å². The Bertz CT molecular complexity index is 443. The molecule has 0 amide bonds. The van der Waals surface area contributed by atoms with Gasteiger partial charge in [-0.1, -0.05) is 13.0 Å². The minimum Gasteiger partial charge on any atom is -0.481 e. The molecule has 0 saturated heterocycles. The molecule has 0 heterocycles. The Balaban J connectivity index is 2.85. The van der Waals surface area contributed by atoms with E-state index in [1.165, 1.54) is 13.0 Å². The van der Waals surface area contributed by atoms with Gasteiger partial charge in [0.15, 0.2) is 0 Å². The molecule has 0 aromatic heterocycles. The molecule has 6 heteroatoms. The zero-order chi connectivity index (χ0) is 13.9. The molecule has 1 atom stereocenters. The lowest BCUT2D eigenvalue weighted by atomic mass is 10.1. The van der Waals surface area contributed by atoms with Gasteiger partial charge in [-0.25, -0.2) is 0 Å². The van der Waals surface area contributed by atoms with E-state index in [4.69, 9.17) is 5.11 Å². The Labute approximate surface area is 103 Å². The van der Waals surface area contributed by atoms with Crippen LogP contribution in [0.4, 0.5) is 18.9 Å². The van der Waals surface area contributed by atoms with Gasteiger partial charge in [0.25, 0.3) is 0 Å². The molecule has 0 aliphatic rings. The topological polar surface area (TPSA) is 49.3 Å². The van der Waals surface area contributed by atoms with Crippen molar-refractivity contribution in [2.75, 3.05) is 11.9 Å². The molecular weight excluding hydrogens is 247 g/mol. The second kappa shape index (κ2) is 5.29. The quantitative estimate of drug-likeness (QED) is 0.875. The maximum atomic E-state index is 12.5. The van der Waals surface area contributed by atoms with E-state index in [1.807, 2.05) is 0 Å². The van der Waals surface area contributed by atoms with Crippen molar-refractivity contribution in [3.05, 3.63) is 29.3 Å². The Morgan fingerprint density at radius 1 is 1.44 bits per heavy atom. The van der Waals surface area contributed by atoms with Gasteiger partial charge in [0, 0.05) is 12.2 Å². The van der Waals surface area contributed by atoms with E-state index in [0.717, 1.165) is 12.1 Å². The number of carboxylic acids is 1. The van der Waals surface area contributed by atoms with Gasteiger partial charge in [0.05, 0.1) is 11.5 Å². The molecule has 0 spiro atoms. The van der Waals surface area contributed by atoms with E-state index < -0.39 is 23.6 Å². The van der Waals surface area contributed by atoms with Gasteiger partial charge in [-0.2, -0.15) is 13.2 Å². The van der Waals surface area contributed by atoms with Crippen LogP contribution in [0.25, 0.3) is 0 Å². The second-order valence-electron chi connectivity index (χ2n) is 4.15. The number of carboxylic acid groups (broad SMARTS) is 1. The minimum absolute atomic E-state index is 0.0808. The number of rotatable bonds is 4. The fraction of sp³-hybridized carbons (Fsp3) is 0.417. The molecule has 18 heavy (non-hydrogen) atoms. The number of aryl methyl sites for hydroxylation is 1. The highest BCUT2D eigenvalue weighted by atomic mass is 19.4. The van der Waals surface area contributed by atoms with Crippen molar-refractivity contribution >= 4 is 11.7 Å². The van der Waals surface area contributed by atoms with E-state index >= 15 is 0 Å². The zero-order valence-corrected chi connectivity index (χ0v) is 10.0. The summed E-state index contributed by atoms with van der Waals surface area (Å²) in [7, 11) is 0. The smallest absolute Gasteiger partial charge is 0.416 e. The standard InChI is InChI=1S/C12H14F3NO2/c1-7-3-4-9(12(13,14)15)5-10(7)16-6-8(2)11(17)18/h3-5,8,16H,6H2,1-2H3,(H,17,18). The van der Waals surface area contributed by atoms with Crippen molar-refractivity contribution in [1.82, 2.24) is 0 Å². The lowest BCUT2D eigenvalue weighted by Crippen LogP contribution is -2.20. The molecule has 3 nitrogen and oxygen atoms in total. The first-order chi connectivity index (χ1) is 8.21. The first kappa shape index (κ1) is 14.3. The second-order valence-corrected chi connectivity index (χ2v) is 4.15. The molecule has 100 valence electrons. The summed E-state index contributed by atoms with van der Waals surface area (Å²) in [5.41, 5.74) is 0.192. The molecule has 0 saturated carbocycles. The number of anilines is 1. The van der Waals surface area contributed by atoms with Crippen LogP contribution in [0.5, 0.6) is 0 Å². The van der Waals surface area contributed by atoms with Gasteiger partial charge in [-0.3, -0.25) is 4.79 Å². The van der Waals surface area contributed by atoms with Crippen LogP contribution in [0.2, 0.25) is 0 Å². The van der Waals surface area contributed by atoms with Crippen molar-refractivity contribution in [2.24, 2.45) is 5.92 Å². The molecule has 0 aliphatic carbocycles. The fourth-order valence-electron chi connectivity index (χ4n) is 1.34. The van der Waals surface area contributed by atoms with E-state index in [2.05, 4.69) is 5.32 Å². The summed E-state index contributed by atoms with van der Waals surface area (Å²) < 4.78 is 37.5. The molecule has 1 aromatic rings. The maximum absolute atomic E-state index is 12.5. The van der Waals surface area contributed by atoms with Crippen LogP contribution in [-0.2, 0) is 11.0 Å². The van der Waals surface area contributed by atoms with E-state index in [0.29, 0.717) is 11.3 Å². The Morgan fingerprint density at radius 2 is 2.06 bits per heavy atom. The third-order valence-electron chi connectivity index (χ3n) is 2.59. The summed E-state index contributed by atoms with van der Waals surface area (Å²) >= 11 is 0. The van der Waals surface area contributed by atoms with Crippen molar-refractivity contribution < 1.29 is 23.1 Å². The van der Waals surface area contributed by atoms with Gasteiger partial charge >= 0.3 is 12.1 Å². The Morgan fingerprint density at radius 3 is 2.56 bits per heavy atom. The number of benzene rings is 1. The monoisotopic (exact) mass is 261 g/mol. The number of alkyl halides is 3. The summed E-state index contributed by atoms with van der Waals surface area (Å²) in [5.74, 6) is -1.66. The van der Waals surface area contributed by atoms with Gasteiger partial charge in [0.1, 0.15) is 0 Å². The minimum atomic E-state index is -4.40. The van der Waals surface area contributed by atoms with Crippen LogP contribution in [0.3, 0.4) is 0 Å². The van der Waals surface area contributed by atoms with Gasteiger partial charge in [-0.05, 0) is 24.6 Å². The molecule has 1 rings (SSSR count). The fourth-order valence-corrected chi connectivity index (χ4v) is 1.34. The van der Waals surface area contributed by atoms with Gasteiger partial charge < -0.3 is 10.4 Å². The van der Waals surface area contributed by atoms with Crippen molar-refractivity contribution in [1.29, 1.82) is 0 Å². The van der Waals surface area contributed by atoms with Gasteiger partial charge in [0.2, 0.25) is 0 Å². The molecule has 0 aliphatic heterocycles. The SMILES string of the molecule is Cc1ccc(C(F)(F)F)cc1NCC(C)C(=O)O. The third kappa shape index (κ3) is 3.65. The van der Waals surface area contributed by atoms with E-state index in [1.54, 1.807) is 6.92 Å². The summed E-state index contributed by atoms with van der Waals surface area (Å²) in [6, 6.07) is 3.35. The molecule has 2 N–H and O–H groups in total.